The molecule has 1 amide bonds. The Morgan fingerprint density at radius 1 is 1.12 bits per heavy atom. The van der Waals surface area contributed by atoms with Gasteiger partial charge in [0, 0.05) is 0 Å². The minimum atomic E-state index is -4.75. The van der Waals surface area contributed by atoms with Gasteiger partial charge in [-0.2, -0.15) is 13.2 Å². The Balaban J connectivity index is 3.01. The lowest BCUT2D eigenvalue weighted by Gasteiger charge is -2.22. The first-order valence-electron chi connectivity index (χ1n) is 7.62. The van der Waals surface area contributed by atoms with Gasteiger partial charge in [0.25, 0.3) is 5.91 Å². The fraction of sp³-hybridized carbons (Fsp3) is 0.471. The van der Waals surface area contributed by atoms with E-state index < -0.39 is 53.2 Å². The van der Waals surface area contributed by atoms with Gasteiger partial charge < -0.3 is 14.8 Å². The highest BCUT2D eigenvalue weighted by Gasteiger charge is 2.36. The maximum absolute atomic E-state index is 13.0. The number of hydrogen-bond acceptors (Lipinski definition) is 5. The molecule has 0 aliphatic heterocycles. The van der Waals surface area contributed by atoms with Crippen LogP contribution in [0.3, 0.4) is 0 Å². The van der Waals surface area contributed by atoms with E-state index in [4.69, 9.17) is 4.74 Å². The molecule has 0 fully saturated rings. The first-order valence-corrected chi connectivity index (χ1v) is 7.62. The second-order valence-corrected chi connectivity index (χ2v) is 6.38. The molecule has 1 aromatic carbocycles. The molecule has 144 valence electrons. The number of methoxy groups -OCH3 is 1. The van der Waals surface area contributed by atoms with Gasteiger partial charge in [0.1, 0.15) is 11.6 Å². The molecule has 0 saturated heterocycles. The van der Waals surface area contributed by atoms with Gasteiger partial charge in [-0.15, -0.1) is 0 Å². The summed E-state index contributed by atoms with van der Waals surface area (Å²) in [5, 5.41) is 2.10. The number of rotatable bonds is 5. The Hall–Kier alpha value is -2.58. The van der Waals surface area contributed by atoms with Crippen molar-refractivity contribution in [3.8, 4) is 0 Å². The van der Waals surface area contributed by atoms with Gasteiger partial charge in [-0.3, -0.25) is 9.59 Å². The molecule has 1 N–H and O–H groups in total. The molecule has 1 atom stereocenters. The van der Waals surface area contributed by atoms with Crippen molar-refractivity contribution in [1.82, 2.24) is 5.32 Å². The summed E-state index contributed by atoms with van der Waals surface area (Å²) >= 11 is 0. The zero-order chi connectivity index (χ0) is 20.1. The smallest absolute Gasteiger partial charge is 0.417 e. The summed E-state index contributed by atoms with van der Waals surface area (Å²) in [7, 11) is 1.03. The molecule has 1 aromatic rings. The summed E-state index contributed by atoms with van der Waals surface area (Å²) in [4.78, 5) is 35.9. The van der Waals surface area contributed by atoms with E-state index in [-0.39, 0.29) is 0 Å². The third kappa shape index (κ3) is 6.38. The van der Waals surface area contributed by atoms with Crippen LogP contribution >= 0.6 is 0 Å². The molecule has 0 unspecified atom stereocenters. The van der Waals surface area contributed by atoms with Crippen molar-refractivity contribution in [2.45, 2.75) is 45.0 Å². The molecular formula is C17H20F3NO5. The first kappa shape index (κ1) is 21.5. The number of carbonyl (C=O) groups excluding carboxylic acids is 3. The third-order valence-corrected chi connectivity index (χ3v) is 3.06. The van der Waals surface area contributed by atoms with Crippen LogP contribution in [0.5, 0.6) is 0 Å². The molecule has 0 aromatic heterocycles. The van der Waals surface area contributed by atoms with Gasteiger partial charge in [-0.05, 0) is 32.9 Å². The number of carbonyl (C=O) groups is 3. The average Bonchev–Trinajstić information content (AvgIpc) is 2.50. The SMILES string of the molecule is COC(=O)[C@H](CC(=O)OC(C)(C)C)NC(=O)c1ccccc1C(F)(F)F. The molecule has 1 rings (SSSR count). The van der Waals surface area contributed by atoms with Crippen LogP contribution in [0.2, 0.25) is 0 Å². The van der Waals surface area contributed by atoms with E-state index in [0.717, 1.165) is 25.3 Å². The van der Waals surface area contributed by atoms with Crippen LogP contribution in [0.15, 0.2) is 24.3 Å². The Morgan fingerprint density at radius 2 is 1.69 bits per heavy atom. The summed E-state index contributed by atoms with van der Waals surface area (Å²) in [6, 6.07) is 2.63. The molecule has 0 radical (unpaired) electrons. The van der Waals surface area contributed by atoms with Gasteiger partial charge in [0.2, 0.25) is 0 Å². The number of hydrogen-bond donors (Lipinski definition) is 1. The van der Waals surface area contributed by atoms with Crippen LogP contribution in [-0.2, 0) is 25.2 Å². The number of amides is 1. The lowest BCUT2D eigenvalue weighted by Crippen LogP contribution is -2.44. The van der Waals surface area contributed by atoms with E-state index in [9.17, 15) is 27.6 Å². The number of halogens is 3. The zero-order valence-corrected chi connectivity index (χ0v) is 14.8. The summed E-state index contributed by atoms with van der Waals surface area (Å²) in [5.41, 5.74) is -2.65. The topological polar surface area (TPSA) is 81.7 Å². The van der Waals surface area contributed by atoms with Crippen molar-refractivity contribution in [3.63, 3.8) is 0 Å². The lowest BCUT2D eigenvalue weighted by molar-refractivity contribution is -0.158. The molecule has 0 aliphatic carbocycles. The minimum Gasteiger partial charge on any atom is -0.467 e. The van der Waals surface area contributed by atoms with Gasteiger partial charge in [-0.1, -0.05) is 12.1 Å². The van der Waals surface area contributed by atoms with E-state index in [2.05, 4.69) is 10.1 Å². The molecule has 0 bridgehead atoms. The van der Waals surface area contributed by atoms with Crippen molar-refractivity contribution in [1.29, 1.82) is 0 Å². The molecule has 0 spiro atoms. The number of nitrogens with one attached hydrogen (secondary N) is 1. The van der Waals surface area contributed by atoms with Crippen LogP contribution in [-0.4, -0.2) is 36.6 Å². The van der Waals surface area contributed by atoms with Gasteiger partial charge in [0.05, 0.1) is 24.7 Å². The average molecular weight is 375 g/mol. The maximum Gasteiger partial charge on any atom is 0.417 e. The van der Waals surface area contributed by atoms with Crippen LogP contribution in [0.25, 0.3) is 0 Å². The fourth-order valence-corrected chi connectivity index (χ4v) is 2.05. The van der Waals surface area contributed by atoms with Gasteiger partial charge >= 0.3 is 18.1 Å². The van der Waals surface area contributed by atoms with Crippen molar-refractivity contribution in [2.24, 2.45) is 0 Å². The molecular weight excluding hydrogens is 355 g/mol. The van der Waals surface area contributed by atoms with Crippen LogP contribution in [0.1, 0.15) is 43.1 Å². The second-order valence-electron chi connectivity index (χ2n) is 6.38. The van der Waals surface area contributed by atoms with Crippen LogP contribution < -0.4 is 5.32 Å². The van der Waals surface area contributed by atoms with Crippen LogP contribution in [0, 0.1) is 0 Å². The minimum absolute atomic E-state index is 0.579. The van der Waals surface area contributed by atoms with Gasteiger partial charge in [0.15, 0.2) is 0 Å². The molecule has 26 heavy (non-hydrogen) atoms. The quantitative estimate of drug-likeness (QED) is 0.801. The van der Waals surface area contributed by atoms with Crippen molar-refractivity contribution in [3.05, 3.63) is 35.4 Å². The molecule has 6 nitrogen and oxygen atoms in total. The molecule has 0 heterocycles. The summed E-state index contributed by atoms with van der Waals surface area (Å²) in [5.74, 6) is -2.94. The van der Waals surface area contributed by atoms with Crippen molar-refractivity contribution in [2.75, 3.05) is 7.11 Å². The summed E-state index contributed by atoms with van der Waals surface area (Å²) < 4.78 is 48.6. The predicted octanol–water partition coefficient (Wildman–Crippen LogP) is 2.71. The Labute approximate surface area is 148 Å². The van der Waals surface area contributed by atoms with Crippen LogP contribution in [0.4, 0.5) is 13.2 Å². The van der Waals surface area contributed by atoms with E-state index >= 15 is 0 Å². The highest BCUT2D eigenvalue weighted by molar-refractivity contribution is 5.99. The predicted molar refractivity (Wildman–Crippen MR) is 85.2 cm³/mol. The Bertz CT molecular complexity index is 680. The zero-order valence-electron chi connectivity index (χ0n) is 14.8. The molecule has 0 aliphatic rings. The Morgan fingerprint density at radius 3 is 2.19 bits per heavy atom. The van der Waals surface area contributed by atoms with E-state index in [1.807, 2.05) is 0 Å². The van der Waals surface area contributed by atoms with Gasteiger partial charge in [-0.25, -0.2) is 4.79 Å². The van der Waals surface area contributed by atoms with E-state index in [1.165, 1.54) is 6.07 Å². The third-order valence-electron chi connectivity index (χ3n) is 3.06. The number of esters is 2. The van der Waals surface area contributed by atoms with E-state index in [1.54, 1.807) is 20.8 Å². The largest absolute Gasteiger partial charge is 0.467 e. The summed E-state index contributed by atoms with van der Waals surface area (Å²) in [6.07, 6.45) is -5.33. The summed E-state index contributed by atoms with van der Waals surface area (Å²) in [6.45, 7) is 4.82. The number of alkyl halides is 3. The standard InChI is InChI=1S/C17H20F3NO5/c1-16(2,3)26-13(22)9-12(15(24)25-4)21-14(23)10-7-5-6-8-11(10)17(18,19)20/h5-8,12H,9H2,1-4H3,(H,21,23)/t12-/m0/s1. The van der Waals surface area contributed by atoms with Crippen molar-refractivity contribution < 1.29 is 37.0 Å². The monoisotopic (exact) mass is 375 g/mol. The maximum atomic E-state index is 13.0. The highest BCUT2D eigenvalue weighted by Crippen LogP contribution is 2.31. The highest BCUT2D eigenvalue weighted by atomic mass is 19.4. The normalized spacial score (nSPS) is 12.9. The lowest BCUT2D eigenvalue weighted by atomic mass is 10.1. The van der Waals surface area contributed by atoms with Crippen molar-refractivity contribution >= 4 is 17.8 Å². The Kier molecular flexibility index (Phi) is 6.77. The molecule has 9 heteroatoms. The fourth-order valence-electron chi connectivity index (χ4n) is 2.05. The molecule has 0 saturated carbocycles. The number of ether oxygens (including phenoxy) is 2. The number of benzene rings is 1. The second kappa shape index (κ2) is 8.20. The first-order chi connectivity index (χ1) is 11.8. The van der Waals surface area contributed by atoms with E-state index in [0.29, 0.717) is 0 Å².